The van der Waals surface area contributed by atoms with Crippen LogP contribution in [0.4, 0.5) is 0 Å². The fourth-order valence-electron chi connectivity index (χ4n) is 4.55. The number of hydrogen-bond donors (Lipinski definition) is 0. The van der Waals surface area contributed by atoms with Crippen molar-refractivity contribution in [3.05, 3.63) is 11.6 Å². The Kier molecular flexibility index (Phi) is 2.62. The first-order valence-corrected chi connectivity index (χ1v) is 6.98. The zero-order chi connectivity index (χ0) is 11.3. The van der Waals surface area contributed by atoms with Gasteiger partial charge in [0.25, 0.3) is 0 Å². The maximum atomic E-state index is 6.19. The Hall–Kier alpha value is -0.300. The Bertz CT molecular complexity index is 305. The minimum Gasteiger partial charge on any atom is -0.371 e. The minimum absolute atomic E-state index is 0.425. The summed E-state index contributed by atoms with van der Waals surface area (Å²) in [5.41, 5.74) is 1.54. The summed E-state index contributed by atoms with van der Waals surface area (Å²) < 4.78 is 6.19. The Morgan fingerprint density at radius 3 is 2.56 bits per heavy atom. The molecule has 6 unspecified atom stereocenters. The van der Waals surface area contributed by atoms with Crippen LogP contribution in [0.2, 0.25) is 0 Å². The van der Waals surface area contributed by atoms with Gasteiger partial charge in [-0.2, -0.15) is 0 Å². The summed E-state index contributed by atoms with van der Waals surface area (Å²) in [6, 6.07) is 0. The minimum atomic E-state index is 0.425. The van der Waals surface area contributed by atoms with E-state index in [0.717, 1.165) is 30.1 Å². The van der Waals surface area contributed by atoms with E-state index in [0.29, 0.717) is 12.2 Å². The molecule has 3 aliphatic rings. The van der Waals surface area contributed by atoms with E-state index < -0.39 is 0 Å². The van der Waals surface area contributed by atoms with E-state index in [1.807, 2.05) is 0 Å². The van der Waals surface area contributed by atoms with Crippen molar-refractivity contribution < 1.29 is 4.74 Å². The average molecular weight is 220 g/mol. The Morgan fingerprint density at radius 1 is 1.19 bits per heavy atom. The molecule has 0 amide bonds. The average Bonchev–Trinajstić information content (AvgIpc) is 2.75. The summed E-state index contributed by atoms with van der Waals surface area (Å²) >= 11 is 0. The molecule has 2 saturated carbocycles. The molecule has 1 heterocycles. The molecule has 6 atom stereocenters. The van der Waals surface area contributed by atoms with Crippen LogP contribution in [-0.4, -0.2) is 12.2 Å². The predicted molar refractivity (Wildman–Crippen MR) is 66.2 cm³/mol. The molecule has 1 heteroatoms. The second-order valence-electron chi connectivity index (χ2n) is 6.40. The molecular weight excluding hydrogens is 196 g/mol. The molecule has 0 aromatic rings. The molecule has 1 nitrogen and oxygen atoms in total. The third-order valence-electron chi connectivity index (χ3n) is 5.24. The van der Waals surface area contributed by atoms with Gasteiger partial charge in [0.05, 0.1) is 12.2 Å². The van der Waals surface area contributed by atoms with Gasteiger partial charge >= 0.3 is 0 Å². The standard InChI is InChI=1S/C15H24O/c1-9-6-10(2)16-14(7-9)15-11(3)12-4-5-13(15)8-12/h7,10-15H,4-6,8H2,1-3H3. The summed E-state index contributed by atoms with van der Waals surface area (Å²) in [6.45, 7) is 6.95. The molecule has 0 aromatic heterocycles. The lowest BCUT2D eigenvalue weighted by Gasteiger charge is -2.37. The van der Waals surface area contributed by atoms with Gasteiger partial charge < -0.3 is 4.74 Å². The Morgan fingerprint density at radius 2 is 1.94 bits per heavy atom. The van der Waals surface area contributed by atoms with Crippen LogP contribution in [0.15, 0.2) is 11.6 Å². The highest BCUT2D eigenvalue weighted by molar-refractivity contribution is 5.12. The molecule has 90 valence electrons. The van der Waals surface area contributed by atoms with E-state index in [4.69, 9.17) is 4.74 Å². The van der Waals surface area contributed by atoms with E-state index in [2.05, 4.69) is 26.8 Å². The smallest absolute Gasteiger partial charge is 0.0795 e. The molecule has 0 radical (unpaired) electrons. The van der Waals surface area contributed by atoms with E-state index in [-0.39, 0.29) is 0 Å². The van der Waals surface area contributed by atoms with E-state index >= 15 is 0 Å². The topological polar surface area (TPSA) is 9.23 Å². The molecule has 16 heavy (non-hydrogen) atoms. The van der Waals surface area contributed by atoms with Gasteiger partial charge in [0.1, 0.15) is 0 Å². The zero-order valence-electron chi connectivity index (χ0n) is 10.8. The summed E-state index contributed by atoms with van der Waals surface area (Å²) in [7, 11) is 0. The largest absolute Gasteiger partial charge is 0.371 e. The van der Waals surface area contributed by atoms with Crippen LogP contribution in [0.3, 0.4) is 0 Å². The molecule has 0 N–H and O–H groups in total. The molecule has 0 spiro atoms. The quantitative estimate of drug-likeness (QED) is 0.611. The molecule has 1 aliphatic heterocycles. The third-order valence-corrected chi connectivity index (χ3v) is 5.24. The van der Waals surface area contributed by atoms with Crippen LogP contribution in [-0.2, 0) is 4.74 Å². The van der Waals surface area contributed by atoms with Crippen LogP contribution in [0, 0.1) is 23.7 Å². The van der Waals surface area contributed by atoms with Gasteiger partial charge in [0, 0.05) is 0 Å². The first-order valence-electron chi connectivity index (χ1n) is 6.98. The van der Waals surface area contributed by atoms with Gasteiger partial charge in [-0.05, 0) is 63.2 Å². The van der Waals surface area contributed by atoms with Crippen LogP contribution >= 0.6 is 0 Å². The maximum Gasteiger partial charge on any atom is 0.0795 e. The van der Waals surface area contributed by atoms with Crippen molar-refractivity contribution in [1.82, 2.24) is 0 Å². The molecule has 3 rings (SSSR count). The molecule has 2 bridgehead atoms. The summed E-state index contributed by atoms with van der Waals surface area (Å²) in [5.74, 6) is 3.67. The second kappa shape index (κ2) is 3.87. The lowest BCUT2D eigenvalue weighted by Crippen LogP contribution is -2.36. The van der Waals surface area contributed by atoms with Crippen molar-refractivity contribution in [2.24, 2.45) is 23.7 Å². The van der Waals surface area contributed by atoms with Crippen LogP contribution in [0.25, 0.3) is 0 Å². The number of fused-ring (bicyclic) bond motifs is 2. The highest BCUT2D eigenvalue weighted by atomic mass is 16.5. The normalized spacial score (nSPS) is 51.8. The monoisotopic (exact) mass is 220 g/mol. The van der Waals surface area contributed by atoms with Crippen molar-refractivity contribution in [2.45, 2.75) is 58.7 Å². The second-order valence-corrected chi connectivity index (χ2v) is 6.40. The molecule has 2 fully saturated rings. The summed E-state index contributed by atoms with van der Waals surface area (Å²) in [6.07, 6.45) is 8.82. The van der Waals surface area contributed by atoms with E-state index in [1.54, 1.807) is 5.57 Å². The van der Waals surface area contributed by atoms with Crippen molar-refractivity contribution >= 4 is 0 Å². The van der Waals surface area contributed by atoms with Crippen molar-refractivity contribution in [2.75, 3.05) is 0 Å². The molecule has 0 aromatic carbocycles. The lowest BCUT2D eigenvalue weighted by molar-refractivity contribution is -0.0421. The number of ether oxygens (including phenoxy) is 1. The van der Waals surface area contributed by atoms with Gasteiger partial charge in [0.15, 0.2) is 0 Å². The van der Waals surface area contributed by atoms with E-state index in [1.165, 1.54) is 19.3 Å². The van der Waals surface area contributed by atoms with Crippen LogP contribution in [0.1, 0.15) is 46.5 Å². The number of hydrogen-bond acceptors (Lipinski definition) is 1. The van der Waals surface area contributed by atoms with Gasteiger partial charge in [-0.1, -0.05) is 18.6 Å². The van der Waals surface area contributed by atoms with Crippen LogP contribution in [0.5, 0.6) is 0 Å². The zero-order valence-corrected chi connectivity index (χ0v) is 10.8. The highest BCUT2D eigenvalue weighted by Crippen LogP contribution is 2.54. The fraction of sp³-hybridized carbons (Fsp3) is 0.867. The Balaban J connectivity index is 1.80. The highest BCUT2D eigenvalue weighted by Gasteiger charge is 2.48. The van der Waals surface area contributed by atoms with Gasteiger partial charge in [-0.15, -0.1) is 0 Å². The summed E-state index contributed by atoms with van der Waals surface area (Å²) in [5, 5.41) is 0. The predicted octanol–water partition coefficient (Wildman–Crippen LogP) is 3.79. The summed E-state index contributed by atoms with van der Waals surface area (Å²) in [4.78, 5) is 0. The maximum absolute atomic E-state index is 6.19. The van der Waals surface area contributed by atoms with Crippen LogP contribution < -0.4 is 0 Å². The first-order chi connectivity index (χ1) is 7.65. The molecule has 0 saturated heterocycles. The van der Waals surface area contributed by atoms with Crippen molar-refractivity contribution in [1.29, 1.82) is 0 Å². The van der Waals surface area contributed by atoms with Gasteiger partial charge in [0.2, 0.25) is 0 Å². The molecule has 2 aliphatic carbocycles. The van der Waals surface area contributed by atoms with Gasteiger partial charge in [-0.3, -0.25) is 0 Å². The lowest BCUT2D eigenvalue weighted by atomic mass is 9.76. The first kappa shape index (κ1) is 10.8. The van der Waals surface area contributed by atoms with E-state index in [9.17, 15) is 0 Å². The van der Waals surface area contributed by atoms with Crippen molar-refractivity contribution in [3.63, 3.8) is 0 Å². The SMILES string of the molecule is CC1=CC(C2C3CCC(C3)C2C)OC(C)C1. The fourth-order valence-corrected chi connectivity index (χ4v) is 4.55. The third kappa shape index (κ3) is 1.64. The van der Waals surface area contributed by atoms with Crippen molar-refractivity contribution in [3.8, 4) is 0 Å². The molecular formula is C15H24O. The van der Waals surface area contributed by atoms with Gasteiger partial charge in [-0.25, -0.2) is 0 Å². The number of rotatable bonds is 1. The Labute approximate surface area is 99.3 Å².